The molecular formula is C21H27ClN2O5S. The molecule has 0 saturated carbocycles. The Morgan fingerprint density at radius 1 is 1.13 bits per heavy atom. The van der Waals surface area contributed by atoms with Crippen LogP contribution in [-0.4, -0.2) is 45.4 Å². The lowest BCUT2D eigenvalue weighted by Gasteiger charge is -2.21. The number of benzene rings is 2. The van der Waals surface area contributed by atoms with Crippen LogP contribution in [0.25, 0.3) is 0 Å². The van der Waals surface area contributed by atoms with Gasteiger partial charge < -0.3 is 14.8 Å². The molecule has 0 saturated heterocycles. The highest BCUT2D eigenvalue weighted by molar-refractivity contribution is 7.89. The van der Waals surface area contributed by atoms with Crippen molar-refractivity contribution in [2.45, 2.75) is 31.7 Å². The summed E-state index contributed by atoms with van der Waals surface area (Å²) in [6.07, 6.45) is 0. The van der Waals surface area contributed by atoms with Gasteiger partial charge in [-0.3, -0.25) is 4.79 Å². The summed E-state index contributed by atoms with van der Waals surface area (Å²) in [5.74, 6) is 0.434. The minimum atomic E-state index is -3.79. The number of rotatable bonds is 10. The first-order chi connectivity index (χ1) is 14.2. The van der Waals surface area contributed by atoms with Gasteiger partial charge >= 0.3 is 0 Å². The molecular weight excluding hydrogens is 428 g/mol. The molecule has 30 heavy (non-hydrogen) atoms. The second-order valence-electron chi connectivity index (χ2n) is 6.53. The number of carbonyl (C=O) groups is 1. The Balaban J connectivity index is 2.10. The summed E-state index contributed by atoms with van der Waals surface area (Å²) in [4.78, 5) is 12.3. The molecule has 9 heteroatoms. The SMILES string of the molecule is CCN(CC)S(=O)(=O)c1cc(Cl)ccc1OCC(=O)N[C@@H](C)c1ccc(OC)cc1. The Hall–Kier alpha value is -2.29. The van der Waals surface area contributed by atoms with Crippen molar-refractivity contribution in [2.24, 2.45) is 0 Å². The standard InChI is InChI=1S/C21H27ClN2O5S/c1-5-24(6-2)30(26,27)20-13-17(22)9-12-19(20)29-14-21(25)23-15(3)16-7-10-18(28-4)11-8-16/h7-13,15H,5-6,14H2,1-4H3,(H,23,25)/t15-/m0/s1. The number of carbonyl (C=O) groups excluding carboxylic acids is 1. The minimum Gasteiger partial charge on any atom is -0.497 e. The monoisotopic (exact) mass is 454 g/mol. The molecule has 1 atom stereocenters. The lowest BCUT2D eigenvalue weighted by atomic mass is 10.1. The molecule has 0 radical (unpaired) electrons. The first kappa shape index (κ1) is 24.0. The van der Waals surface area contributed by atoms with Crippen molar-refractivity contribution in [3.8, 4) is 11.5 Å². The van der Waals surface area contributed by atoms with Gasteiger partial charge in [0.15, 0.2) is 6.61 Å². The van der Waals surface area contributed by atoms with Gasteiger partial charge in [-0.15, -0.1) is 0 Å². The highest BCUT2D eigenvalue weighted by Crippen LogP contribution is 2.30. The Morgan fingerprint density at radius 3 is 2.33 bits per heavy atom. The maximum atomic E-state index is 12.9. The molecule has 0 unspecified atom stereocenters. The number of sulfonamides is 1. The van der Waals surface area contributed by atoms with E-state index < -0.39 is 10.0 Å². The number of nitrogens with zero attached hydrogens (tertiary/aromatic N) is 1. The number of ether oxygens (including phenoxy) is 2. The Labute approximate surface area is 183 Å². The van der Waals surface area contributed by atoms with E-state index in [0.29, 0.717) is 13.1 Å². The number of hydrogen-bond acceptors (Lipinski definition) is 5. The molecule has 7 nitrogen and oxygen atoms in total. The first-order valence-electron chi connectivity index (χ1n) is 9.58. The van der Waals surface area contributed by atoms with Crippen molar-refractivity contribution in [1.29, 1.82) is 0 Å². The van der Waals surface area contributed by atoms with E-state index in [1.54, 1.807) is 21.0 Å². The van der Waals surface area contributed by atoms with Crippen LogP contribution in [0.3, 0.4) is 0 Å². The summed E-state index contributed by atoms with van der Waals surface area (Å²) in [7, 11) is -2.21. The lowest BCUT2D eigenvalue weighted by molar-refractivity contribution is -0.123. The summed E-state index contributed by atoms with van der Waals surface area (Å²) < 4.78 is 37.8. The molecule has 2 aromatic rings. The van der Waals surface area contributed by atoms with Crippen LogP contribution in [0.4, 0.5) is 0 Å². The zero-order valence-corrected chi connectivity index (χ0v) is 19.1. The largest absolute Gasteiger partial charge is 0.497 e. The Kier molecular flexibility index (Phi) is 8.52. The van der Waals surface area contributed by atoms with Crippen LogP contribution in [0.2, 0.25) is 5.02 Å². The second-order valence-corrected chi connectivity index (χ2v) is 8.87. The van der Waals surface area contributed by atoms with E-state index in [-0.39, 0.29) is 34.2 Å². The van der Waals surface area contributed by atoms with Crippen molar-refractivity contribution in [3.05, 3.63) is 53.1 Å². The fourth-order valence-electron chi connectivity index (χ4n) is 2.91. The van der Waals surface area contributed by atoms with Crippen molar-refractivity contribution < 1.29 is 22.7 Å². The number of hydrogen-bond donors (Lipinski definition) is 1. The topological polar surface area (TPSA) is 84.9 Å². The van der Waals surface area contributed by atoms with Crippen LogP contribution in [-0.2, 0) is 14.8 Å². The summed E-state index contributed by atoms with van der Waals surface area (Å²) >= 11 is 6.01. The molecule has 0 spiro atoms. The van der Waals surface area contributed by atoms with Gasteiger partial charge in [0.1, 0.15) is 16.4 Å². The fraction of sp³-hybridized carbons (Fsp3) is 0.381. The highest BCUT2D eigenvalue weighted by atomic mass is 35.5. The number of amides is 1. The maximum absolute atomic E-state index is 12.9. The van der Waals surface area contributed by atoms with Crippen molar-refractivity contribution >= 4 is 27.5 Å². The molecule has 1 N–H and O–H groups in total. The maximum Gasteiger partial charge on any atom is 0.258 e. The van der Waals surface area contributed by atoms with Gasteiger partial charge in [-0.1, -0.05) is 37.6 Å². The molecule has 0 aliphatic carbocycles. The summed E-state index contributed by atoms with van der Waals surface area (Å²) in [6, 6.07) is 11.4. The van der Waals surface area contributed by atoms with Crippen LogP contribution in [0.1, 0.15) is 32.4 Å². The van der Waals surface area contributed by atoms with Gasteiger partial charge in [0, 0.05) is 18.1 Å². The summed E-state index contributed by atoms with van der Waals surface area (Å²) in [5, 5.41) is 3.10. The zero-order valence-electron chi connectivity index (χ0n) is 17.5. The molecule has 0 aliphatic rings. The van der Waals surface area contributed by atoms with Crippen molar-refractivity contribution in [3.63, 3.8) is 0 Å². The molecule has 164 valence electrons. The molecule has 0 aromatic heterocycles. The number of nitrogens with one attached hydrogen (secondary N) is 1. The predicted molar refractivity (Wildman–Crippen MR) is 117 cm³/mol. The van der Waals surface area contributed by atoms with E-state index >= 15 is 0 Å². The third-order valence-corrected chi connectivity index (χ3v) is 6.89. The normalized spacial score (nSPS) is 12.5. The van der Waals surface area contributed by atoms with Crippen LogP contribution >= 0.6 is 11.6 Å². The van der Waals surface area contributed by atoms with Gasteiger partial charge in [-0.25, -0.2) is 8.42 Å². The van der Waals surface area contributed by atoms with Gasteiger partial charge in [-0.05, 0) is 42.8 Å². The van der Waals surface area contributed by atoms with E-state index in [1.165, 1.54) is 22.5 Å². The number of methoxy groups -OCH3 is 1. The van der Waals surface area contributed by atoms with Crippen molar-refractivity contribution in [2.75, 3.05) is 26.8 Å². The average molecular weight is 455 g/mol. The number of halogens is 1. The third-order valence-electron chi connectivity index (χ3n) is 4.58. The van der Waals surface area contributed by atoms with Crippen molar-refractivity contribution in [1.82, 2.24) is 9.62 Å². The van der Waals surface area contributed by atoms with E-state index in [4.69, 9.17) is 21.1 Å². The van der Waals surface area contributed by atoms with Crippen LogP contribution in [0.5, 0.6) is 11.5 Å². The molecule has 0 fully saturated rings. The van der Waals surface area contributed by atoms with Crippen LogP contribution in [0, 0.1) is 0 Å². The molecule has 0 heterocycles. The molecule has 2 rings (SSSR count). The minimum absolute atomic E-state index is 0.0605. The van der Waals surface area contributed by atoms with E-state index in [2.05, 4.69) is 5.32 Å². The van der Waals surface area contributed by atoms with Crippen LogP contribution in [0.15, 0.2) is 47.4 Å². The van der Waals surface area contributed by atoms with E-state index in [0.717, 1.165) is 11.3 Å². The predicted octanol–water partition coefficient (Wildman–Crippen LogP) is 3.64. The van der Waals surface area contributed by atoms with E-state index in [1.807, 2.05) is 31.2 Å². The molecule has 0 bridgehead atoms. The van der Waals surface area contributed by atoms with Crippen LogP contribution < -0.4 is 14.8 Å². The van der Waals surface area contributed by atoms with Gasteiger partial charge in [0.25, 0.3) is 5.91 Å². The third kappa shape index (κ3) is 5.87. The molecule has 2 aromatic carbocycles. The Bertz CT molecular complexity index is 960. The molecule has 1 amide bonds. The van der Waals surface area contributed by atoms with Gasteiger partial charge in [0.05, 0.1) is 13.2 Å². The average Bonchev–Trinajstić information content (AvgIpc) is 2.73. The Morgan fingerprint density at radius 2 is 1.77 bits per heavy atom. The zero-order chi connectivity index (χ0) is 22.3. The smallest absolute Gasteiger partial charge is 0.258 e. The quantitative estimate of drug-likeness (QED) is 0.592. The summed E-state index contributed by atoms with van der Waals surface area (Å²) in [6.45, 7) is 5.64. The second kappa shape index (κ2) is 10.7. The van der Waals surface area contributed by atoms with Gasteiger partial charge in [-0.2, -0.15) is 4.31 Å². The molecule has 0 aliphatic heterocycles. The summed E-state index contributed by atoms with van der Waals surface area (Å²) in [5.41, 5.74) is 0.903. The first-order valence-corrected chi connectivity index (χ1v) is 11.4. The van der Waals surface area contributed by atoms with E-state index in [9.17, 15) is 13.2 Å². The van der Waals surface area contributed by atoms with Gasteiger partial charge in [0.2, 0.25) is 10.0 Å². The highest BCUT2D eigenvalue weighted by Gasteiger charge is 2.26. The lowest BCUT2D eigenvalue weighted by Crippen LogP contribution is -2.33. The fourth-order valence-corrected chi connectivity index (χ4v) is 4.76.